The molecule has 5 nitrogen and oxygen atoms in total. The predicted octanol–water partition coefficient (Wildman–Crippen LogP) is 1.51. The van der Waals surface area contributed by atoms with E-state index < -0.39 is 17.1 Å². The number of alkyl halides is 1. The van der Waals surface area contributed by atoms with Gasteiger partial charge in [0.25, 0.3) is 0 Å². The van der Waals surface area contributed by atoms with Crippen LogP contribution in [-0.4, -0.2) is 24.2 Å². The molecule has 1 rings (SSSR count). The van der Waals surface area contributed by atoms with Gasteiger partial charge in [0.05, 0.1) is 12.7 Å². The topological polar surface area (TPSA) is 64.6 Å². The van der Waals surface area contributed by atoms with Crippen molar-refractivity contribution in [3.05, 3.63) is 29.8 Å². The molecular formula is C13H12ClNO4. The Morgan fingerprint density at radius 3 is 2.37 bits per heavy atom. The third-order valence-electron chi connectivity index (χ3n) is 2.06. The van der Waals surface area contributed by atoms with Crippen LogP contribution < -0.4 is 10.1 Å². The molecule has 1 aromatic carbocycles. The highest BCUT2D eigenvalue weighted by Gasteiger charge is 2.27. The molecule has 1 aromatic rings. The minimum Gasteiger partial charge on any atom is -0.465 e. The molecule has 0 fully saturated rings. The molecule has 0 spiro atoms. The lowest BCUT2D eigenvalue weighted by Gasteiger charge is -2.22. The van der Waals surface area contributed by atoms with Crippen LogP contribution in [0.2, 0.25) is 0 Å². The minimum absolute atomic E-state index is 0.300. The van der Waals surface area contributed by atoms with Crippen LogP contribution in [0, 0.1) is 12.3 Å². The maximum atomic E-state index is 11.2. The lowest BCUT2D eigenvalue weighted by molar-refractivity contribution is -0.121. The van der Waals surface area contributed by atoms with Gasteiger partial charge in [-0.15, -0.1) is 6.42 Å². The summed E-state index contributed by atoms with van der Waals surface area (Å²) in [4.78, 5) is 22.2. The highest BCUT2D eigenvalue weighted by molar-refractivity contribution is 6.25. The quantitative estimate of drug-likeness (QED) is 0.299. The smallest absolute Gasteiger partial charge is 0.337 e. The number of benzene rings is 1. The van der Waals surface area contributed by atoms with E-state index in [2.05, 4.69) is 16.0 Å². The van der Waals surface area contributed by atoms with Crippen LogP contribution in [0.5, 0.6) is 5.75 Å². The fourth-order valence-electron chi connectivity index (χ4n) is 1.26. The standard InChI is InChI=1S/C13H12ClNO4/c1-4-13(14,15-9(2)16)19-11-7-5-10(6-8-11)12(17)18-3/h1,5-8H,2-3H3,(H,15,16). The van der Waals surface area contributed by atoms with E-state index in [-0.39, 0.29) is 0 Å². The molecule has 1 N–H and O–H groups in total. The summed E-state index contributed by atoms with van der Waals surface area (Å²) in [5, 5.41) is 0.514. The van der Waals surface area contributed by atoms with Gasteiger partial charge in [-0.3, -0.25) is 10.1 Å². The first kappa shape index (κ1) is 14.9. The Hall–Kier alpha value is -2.19. The van der Waals surface area contributed by atoms with Gasteiger partial charge in [0, 0.05) is 6.92 Å². The Morgan fingerprint density at radius 1 is 1.37 bits per heavy atom. The highest BCUT2D eigenvalue weighted by Crippen LogP contribution is 2.20. The van der Waals surface area contributed by atoms with Gasteiger partial charge in [-0.25, -0.2) is 4.79 Å². The van der Waals surface area contributed by atoms with E-state index in [0.717, 1.165) is 0 Å². The zero-order chi connectivity index (χ0) is 14.5. The normalized spacial score (nSPS) is 12.7. The summed E-state index contributed by atoms with van der Waals surface area (Å²) in [7, 11) is 1.28. The molecule has 1 unspecified atom stereocenters. The van der Waals surface area contributed by atoms with Gasteiger partial charge in [-0.2, -0.15) is 0 Å². The van der Waals surface area contributed by atoms with E-state index >= 15 is 0 Å². The van der Waals surface area contributed by atoms with Gasteiger partial charge in [0.2, 0.25) is 5.91 Å². The van der Waals surface area contributed by atoms with Crippen molar-refractivity contribution >= 4 is 23.5 Å². The van der Waals surface area contributed by atoms with E-state index in [4.69, 9.17) is 22.8 Å². The van der Waals surface area contributed by atoms with Crippen molar-refractivity contribution in [3.8, 4) is 18.1 Å². The molecular weight excluding hydrogens is 270 g/mol. The van der Waals surface area contributed by atoms with Gasteiger partial charge in [-0.05, 0) is 41.8 Å². The number of halogens is 1. The van der Waals surface area contributed by atoms with E-state index in [0.29, 0.717) is 11.3 Å². The van der Waals surface area contributed by atoms with Crippen molar-refractivity contribution in [2.45, 2.75) is 12.1 Å². The van der Waals surface area contributed by atoms with E-state index in [1.165, 1.54) is 38.3 Å². The zero-order valence-corrected chi connectivity index (χ0v) is 11.2. The number of rotatable bonds is 4. The molecule has 0 aliphatic carbocycles. The van der Waals surface area contributed by atoms with Crippen molar-refractivity contribution in [2.24, 2.45) is 0 Å². The van der Waals surface area contributed by atoms with E-state index in [1.807, 2.05) is 0 Å². The molecule has 6 heteroatoms. The number of amides is 1. The molecule has 0 aromatic heterocycles. The van der Waals surface area contributed by atoms with Crippen LogP contribution in [0.1, 0.15) is 17.3 Å². The number of methoxy groups -OCH3 is 1. The van der Waals surface area contributed by atoms with Crippen LogP contribution >= 0.6 is 11.6 Å². The third-order valence-corrected chi connectivity index (χ3v) is 2.34. The molecule has 0 radical (unpaired) electrons. The molecule has 100 valence electrons. The summed E-state index contributed by atoms with van der Waals surface area (Å²) in [6.45, 7) is 1.26. The predicted molar refractivity (Wildman–Crippen MR) is 69.6 cm³/mol. The van der Waals surface area contributed by atoms with Gasteiger partial charge < -0.3 is 9.47 Å². The summed E-state index contributed by atoms with van der Waals surface area (Å²) < 4.78 is 9.83. The first-order valence-electron chi connectivity index (χ1n) is 5.23. The fourth-order valence-corrected chi connectivity index (χ4v) is 1.48. The number of nitrogens with one attached hydrogen (secondary N) is 1. The molecule has 1 amide bonds. The largest absolute Gasteiger partial charge is 0.465 e. The second kappa shape index (κ2) is 6.12. The van der Waals surface area contributed by atoms with Crippen molar-refractivity contribution in [3.63, 3.8) is 0 Å². The number of esters is 1. The third kappa shape index (κ3) is 4.19. The van der Waals surface area contributed by atoms with Crippen LogP contribution in [0.25, 0.3) is 0 Å². The Bertz CT molecular complexity index is 520. The zero-order valence-electron chi connectivity index (χ0n) is 10.4. The number of terminal acetylenes is 1. The van der Waals surface area contributed by atoms with Crippen molar-refractivity contribution < 1.29 is 19.1 Å². The molecule has 0 aliphatic heterocycles. The molecule has 0 saturated carbocycles. The first-order valence-corrected chi connectivity index (χ1v) is 5.61. The first-order chi connectivity index (χ1) is 8.90. The number of carbonyl (C=O) groups is 2. The van der Waals surface area contributed by atoms with Crippen molar-refractivity contribution in [2.75, 3.05) is 7.11 Å². The maximum absolute atomic E-state index is 11.2. The van der Waals surface area contributed by atoms with Crippen LogP contribution in [0.3, 0.4) is 0 Å². The molecule has 0 aliphatic rings. The van der Waals surface area contributed by atoms with Gasteiger partial charge in [0.1, 0.15) is 5.75 Å². The number of ether oxygens (including phenoxy) is 2. The lowest BCUT2D eigenvalue weighted by atomic mass is 10.2. The Labute approximate surface area is 115 Å². The summed E-state index contributed by atoms with van der Waals surface area (Å²) in [5.74, 6) is 1.53. The van der Waals surface area contributed by atoms with Crippen LogP contribution in [0.15, 0.2) is 24.3 Å². The molecule has 0 saturated heterocycles. The van der Waals surface area contributed by atoms with Crippen molar-refractivity contribution in [1.82, 2.24) is 5.32 Å². The molecule has 0 bridgehead atoms. The monoisotopic (exact) mass is 281 g/mol. The number of hydrogen-bond acceptors (Lipinski definition) is 4. The summed E-state index contributed by atoms with van der Waals surface area (Å²) in [6, 6.07) is 5.95. The number of carbonyl (C=O) groups excluding carboxylic acids is 2. The summed E-state index contributed by atoms with van der Waals surface area (Å²) in [5.41, 5.74) is 0.357. The van der Waals surface area contributed by atoms with Crippen LogP contribution in [-0.2, 0) is 9.53 Å². The van der Waals surface area contributed by atoms with Gasteiger partial charge in [0.15, 0.2) is 0 Å². The molecule has 1 atom stereocenters. The summed E-state index contributed by atoms with van der Waals surface area (Å²) >= 11 is 5.90. The SMILES string of the molecule is C#CC(Cl)(NC(C)=O)Oc1ccc(C(=O)OC)cc1. The minimum atomic E-state index is -1.77. The Kier molecular flexibility index (Phi) is 4.79. The Balaban J connectivity index is 2.85. The fraction of sp³-hybridized carbons (Fsp3) is 0.231. The maximum Gasteiger partial charge on any atom is 0.337 e. The Morgan fingerprint density at radius 2 is 1.95 bits per heavy atom. The van der Waals surface area contributed by atoms with Gasteiger partial charge in [-0.1, -0.05) is 0 Å². The second-order valence-electron chi connectivity index (χ2n) is 3.54. The van der Waals surface area contributed by atoms with Gasteiger partial charge >= 0.3 is 11.2 Å². The lowest BCUT2D eigenvalue weighted by Crippen LogP contribution is -2.46. The van der Waals surface area contributed by atoms with E-state index in [1.54, 1.807) is 0 Å². The van der Waals surface area contributed by atoms with Crippen LogP contribution in [0.4, 0.5) is 0 Å². The average Bonchev–Trinajstić information content (AvgIpc) is 2.37. The van der Waals surface area contributed by atoms with E-state index in [9.17, 15) is 9.59 Å². The molecule has 0 heterocycles. The summed E-state index contributed by atoms with van der Waals surface area (Å²) in [6.07, 6.45) is 5.21. The second-order valence-corrected chi connectivity index (χ2v) is 4.07. The highest BCUT2D eigenvalue weighted by atomic mass is 35.5. The number of hydrogen-bond donors (Lipinski definition) is 1. The van der Waals surface area contributed by atoms with Crippen molar-refractivity contribution in [1.29, 1.82) is 0 Å². The molecule has 19 heavy (non-hydrogen) atoms. The average molecular weight is 282 g/mol.